The SMILES string of the molecule is CCCCCCC(C)C(C)(C)CCOC(=O)C1CCC(C(=O)OCCC(C)(C)C(C)CCCCCC)CC1. The summed E-state index contributed by atoms with van der Waals surface area (Å²) in [5.74, 6) is 0.969. The Labute approximate surface area is 236 Å². The first-order valence-electron chi connectivity index (χ1n) is 16.3. The molecule has 0 aromatic rings. The smallest absolute Gasteiger partial charge is 0.308 e. The van der Waals surface area contributed by atoms with Crippen molar-refractivity contribution in [1.29, 1.82) is 0 Å². The van der Waals surface area contributed by atoms with Crippen LogP contribution >= 0.6 is 0 Å². The van der Waals surface area contributed by atoms with Crippen molar-refractivity contribution in [3.8, 4) is 0 Å². The summed E-state index contributed by atoms with van der Waals surface area (Å²) in [5.41, 5.74) is 0.352. The van der Waals surface area contributed by atoms with Gasteiger partial charge in [0, 0.05) is 0 Å². The molecule has 0 heterocycles. The molecule has 1 saturated carbocycles. The van der Waals surface area contributed by atoms with Crippen LogP contribution in [-0.4, -0.2) is 25.2 Å². The van der Waals surface area contributed by atoms with Crippen LogP contribution in [-0.2, 0) is 19.1 Å². The summed E-state index contributed by atoms with van der Waals surface area (Å²) in [6.45, 7) is 19.4. The Morgan fingerprint density at radius 3 is 1.29 bits per heavy atom. The minimum Gasteiger partial charge on any atom is -0.465 e. The van der Waals surface area contributed by atoms with E-state index in [-0.39, 0.29) is 34.6 Å². The summed E-state index contributed by atoms with van der Waals surface area (Å²) in [5, 5.41) is 0. The molecule has 0 amide bonds. The number of carbonyl (C=O) groups excluding carboxylic acids is 2. The Morgan fingerprint density at radius 2 is 0.974 bits per heavy atom. The quantitative estimate of drug-likeness (QED) is 0.115. The van der Waals surface area contributed by atoms with Crippen LogP contribution in [0.15, 0.2) is 0 Å². The molecule has 1 fully saturated rings. The second-order valence-corrected chi connectivity index (χ2v) is 13.9. The minimum atomic E-state index is -0.0714. The highest BCUT2D eigenvalue weighted by atomic mass is 16.5. The zero-order valence-electron chi connectivity index (χ0n) is 26.7. The first-order valence-corrected chi connectivity index (χ1v) is 16.3. The fourth-order valence-electron chi connectivity index (χ4n) is 5.66. The highest BCUT2D eigenvalue weighted by Crippen LogP contribution is 2.36. The summed E-state index contributed by atoms with van der Waals surface area (Å²) in [7, 11) is 0. The van der Waals surface area contributed by atoms with Crippen LogP contribution in [0.4, 0.5) is 0 Å². The molecule has 0 saturated heterocycles. The van der Waals surface area contributed by atoms with E-state index < -0.39 is 0 Å². The normalized spacial score (nSPS) is 20.1. The highest BCUT2D eigenvalue weighted by Gasteiger charge is 2.33. The Kier molecular flexibility index (Phi) is 16.9. The van der Waals surface area contributed by atoms with Crippen molar-refractivity contribution in [3.05, 3.63) is 0 Å². The van der Waals surface area contributed by atoms with Crippen LogP contribution in [0.1, 0.15) is 158 Å². The van der Waals surface area contributed by atoms with Crippen molar-refractivity contribution in [2.75, 3.05) is 13.2 Å². The van der Waals surface area contributed by atoms with E-state index in [0.717, 1.165) is 38.5 Å². The number of hydrogen-bond acceptors (Lipinski definition) is 4. The van der Waals surface area contributed by atoms with Gasteiger partial charge in [0.2, 0.25) is 0 Å². The van der Waals surface area contributed by atoms with Crippen LogP contribution in [0.25, 0.3) is 0 Å². The van der Waals surface area contributed by atoms with Gasteiger partial charge in [-0.05, 0) is 61.2 Å². The summed E-state index contributed by atoms with van der Waals surface area (Å²) in [6, 6.07) is 0. The first kappa shape index (κ1) is 35.0. The maximum absolute atomic E-state index is 12.7. The van der Waals surface area contributed by atoms with E-state index in [1.54, 1.807) is 0 Å². The van der Waals surface area contributed by atoms with Crippen molar-refractivity contribution < 1.29 is 19.1 Å². The van der Waals surface area contributed by atoms with Crippen molar-refractivity contribution in [3.63, 3.8) is 0 Å². The van der Waals surface area contributed by atoms with Crippen molar-refractivity contribution in [1.82, 2.24) is 0 Å². The molecule has 0 radical (unpaired) electrons. The van der Waals surface area contributed by atoms with Gasteiger partial charge in [0.1, 0.15) is 0 Å². The average molecular weight is 537 g/mol. The van der Waals surface area contributed by atoms with Crippen LogP contribution < -0.4 is 0 Å². The minimum absolute atomic E-state index is 0.0684. The van der Waals surface area contributed by atoms with Crippen LogP contribution in [0, 0.1) is 34.5 Å². The monoisotopic (exact) mass is 536 g/mol. The lowest BCUT2D eigenvalue weighted by Gasteiger charge is -2.33. The van der Waals surface area contributed by atoms with Gasteiger partial charge in [-0.2, -0.15) is 0 Å². The number of ether oxygens (including phenoxy) is 2. The van der Waals surface area contributed by atoms with Gasteiger partial charge in [0.05, 0.1) is 25.0 Å². The van der Waals surface area contributed by atoms with Crippen LogP contribution in [0.3, 0.4) is 0 Å². The number of hydrogen-bond donors (Lipinski definition) is 0. The third-order valence-electron chi connectivity index (χ3n) is 10.0. The third kappa shape index (κ3) is 13.3. The van der Waals surface area contributed by atoms with E-state index >= 15 is 0 Å². The number of unbranched alkanes of at least 4 members (excludes halogenated alkanes) is 6. The molecule has 2 unspecified atom stereocenters. The second-order valence-electron chi connectivity index (χ2n) is 13.9. The molecule has 1 rings (SSSR count). The van der Waals surface area contributed by atoms with Crippen molar-refractivity contribution >= 4 is 11.9 Å². The number of esters is 2. The zero-order chi connectivity index (χ0) is 28.6. The lowest BCUT2D eigenvalue weighted by atomic mass is 9.75. The van der Waals surface area contributed by atoms with Gasteiger partial charge in [0.15, 0.2) is 0 Å². The van der Waals surface area contributed by atoms with E-state index in [1.165, 1.54) is 64.2 Å². The highest BCUT2D eigenvalue weighted by molar-refractivity contribution is 5.75. The lowest BCUT2D eigenvalue weighted by Crippen LogP contribution is -2.30. The molecule has 224 valence electrons. The lowest BCUT2D eigenvalue weighted by molar-refractivity contribution is -0.156. The third-order valence-corrected chi connectivity index (χ3v) is 10.0. The molecule has 0 aliphatic heterocycles. The van der Waals surface area contributed by atoms with E-state index in [4.69, 9.17) is 9.47 Å². The Bertz CT molecular complexity index is 589. The predicted octanol–water partition coefficient (Wildman–Crippen LogP) is 9.92. The molecule has 1 aliphatic carbocycles. The van der Waals surface area contributed by atoms with E-state index in [1.807, 2.05) is 0 Å². The predicted molar refractivity (Wildman–Crippen MR) is 160 cm³/mol. The van der Waals surface area contributed by atoms with E-state index in [0.29, 0.717) is 25.0 Å². The van der Waals surface area contributed by atoms with Crippen LogP contribution in [0.2, 0.25) is 0 Å². The Hall–Kier alpha value is -1.06. The van der Waals surface area contributed by atoms with Gasteiger partial charge < -0.3 is 9.47 Å². The largest absolute Gasteiger partial charge is 0.465 e. The first-order chi connectivity index (χ1) is 17.9. The summed E-state index contributed by atoms with van der Waals surface area (Å²) < 4.78 is 11.4. The second kappa shape index (κ2) is 18.3. The molecular formula is C34H64O4. The fraction of sp³-hybridized carbons (Fsp3) is 0.941. The molecular weight excluding hydrogens is 472 g/mol. The molecule has 0 aromatic heterocycles. The zero-order valence-corrected chi connectivity index (χ0v) is 26.7. The van der Waals surface area contributed by atoms with Gasteiger partial charge in [-0.15, -0.1) is 0 Å². The molecule has 4 nitrogen and oxygen atoms in total. The molecule has 0 aromatic carbocycles. The van der Waals surface area contributed by atoms with Gasteiger partial charge in [-0.1, -0.05) is 120 Å². The molecule has 2 atom stereocenters. The molecule has 0 N–H and O–H groups in total. The van der Waals surface area contributed by atoms with E-state index in [2.05, 4.69) is 55.4 Å². The summed E-state index contributed by atoms with van der Waals surface area (Å²) in [4.78, 5) is 25.4. The maximum Gasteiger partial charge on any atom is 0.308 e. The maximum atomic E-state index is 12.7. The summed E-state index contributed by atoms with van der Waals surface area (Å²) in [6.07, 6.45) is 17.6. The van der Waals surface area contributed by atoms with Crippen molar-refractivity contribution in [2.45, 2.75) is 158 Å². The average Bonchev–Trinajstić information content (AvgIpc) is 2.88. The molecule has 38 heavy (non-hydrogen) atoms. The fourth-order valence-corrected chi connectivity index (χ4v) is 5.66. The van der Waals surface area contributed by atoms with Crippen LogP contribution in [0.5, 0.6) is 0 Å². The molecule has 0 spiro atoms. The van der Waals surface area contributed by atoms with Gasteiger partial charge >= 0.3 is 11.9 Å². The topological polar surface area (TPSA) is 52.6 Å². The molecule has 0 bridgehead atoms. The van der Waals surface area contributed by atoms with Gasteiger partial charge in [0.25, 0.3) is 0 Å². The number of carbonyl (C=O) groups is 2. The molecule has 4 heteroatoms. The molecule has 1 aliphatic rings. The summed E-state index contributed by atoms with van der Waals surface area (Å²) >= 11 is 0. The standard InChI is InChI=1S/C34H64O4/c1-9-11-13-15-17-27(3)33(5,6)23-25-37-31(35)29-19-21-30(22-20-29)32(36)38-26-24-34(7,8)28(4)18-16-14-12-10-2/h27-30H,9-26H2,1-8H3. The van der Waals surface area contributed by atoms with Gasteiger partial charge in [-0.3, -0.25) is 9.59 Å². The Balaban J connectivity index is 2.28. The van der Waals surface area contributed by atoms with Crippen molar-refractivity contribution in [2.24, 2.45) is 34.5 Å². The number of rotatable bonds is 20. The van der Waals surface area contributed by atoms with Gasteiger partial charge in [-0.25, -0.2) is 0 Å². The Morgan fingerprint density at radius 1 is 0.632 bits per heavy atom. The van der Waals surface area contributed by atoms with E-state index in [9.17, 15) is 9.59 Å².